The van der Waals surface area contributed by atoms with Crippen molar-refractivity contribution in [3.63, 3.8) is 0 Å². The smallest absolute Gasteiger partial charge is 0.230 e. The minimum absolute atomic E-state index is 0.143. The first-order valence-corrected chi connectivity index (χ1v) is 13.0. The summed E-state index contributed by atoms with van der Waals surface area (Å²) in [6.45, 7) is 4.13. The van der Waals surface area contributed by atoms with Crippen LogP contribution >= 0.6 is 0 Å². The van der Waals surface area contributed by atoms with E-state index in [1.54, 1.807) is 6.07 Å². The molecule has 1 saturated heterocycles. The van der Waals surface area contributed by atoms with Crippen LogP contribution < -0.4 is 15.0 Å². The van der Waals surface area contributed by atoms with E-state index in [0.717, 1.165) is 79.7 Å². The average molecular weight is 482 g/mol. The Labute approximate surface area is 211 Å². The number of para-hydroxylation sites is 1. The topological polar surface area (TPSA) is 83.2 Å². The summed E-state index contributed by atoms with van der Waals surface area (Å²) in [5, 5.41) is 17.8. The first-order valence-electron chi connectivity index (χ1n) is 13.0. The number of amides is 1. The lowest BCUT2D eigenvalue weighted by molar-refractivity contribution is -0.120. The molecule has 184 valence electrons. The van der Waals surface area contributed by atoms with Gasteiger partial charge < -0.3 is 15.0 Å². The second kappa shape index (κ2) is 9.44. The normalized spacial score (nSPS) is 20.0. The van der Waals surface area contributed by atoms with Gasteiger partial charge in [0, 0.05) is 34.8 Å². The van der Waals surface area contributed by atoms with Crippen molar-refractivity contribution in [3.05, 3.63) is 59.9 Å². The predicted molar refractivity (Wildman–Crippen MR) is 138 cm³/mol. The molecule has 3 heterocycles. The fourth-order valence-electron chi connectivity index (χ4n) is 5.52. The van der Waals surface area contributed by atoms with Gasteiger partial charge in [0.2, 0.25) is 5.91 Å². The van der Waals surface area contributed by atoms with Gasteiger partial charge in [0.1, 0.15) is 17.6 Å². The zero-order valence-electron chi connectivity index (χ0n) is 20.6. The summed E-state index contributed by atoms with van der Waals surface area (Å²) in [6.07, 6.45) is 9.77. The lowest BCUT2D eigenvalue weighted by atomic mass is 9.92. The van der Waals surface area contributed by atoms with Crippen LogP contribution in [0.5, 0.6) is 11.5 Å². The summed E-state index contributed by atoms with van der Waals surface area (Å²) in [5.74, 6) is 1.61. The molecule has 0 bridgehead atoms. The second-order valence-corrected chi connectivity index (χ2v) is 10.2. The van der Waals surface area contributed by atoms with E-state index in [9.17, 15) is 10.1 Å². The van der Waals surface area contributed by atoms with Crippen LogP contribution in [0.1, 0.15) is 56.2 Å². The Hall–Kier alpha value is -3.63. The third-order valence-corrected chi connectivity index (χ3v) is 7.73. The zero-order chi connectivity index (χ0) is 24.6. The SMILES string of the molecule is CC1CCc2c(ccc(-c3cnn(C4CCNCC4)c3)c2Oc2ccccc2C#N)N1C(=O)C1CC1. The Kier molecular flexibility index (Phi) is 5.98. The van der Waals surface area contributed by atoms with Gasteiger partial charge in [0.25, 0.3) is 0 Å². The molecule has 1 atom stereocenters. The van der Waals surface area contributed by atoms with E-state index >= 15 is 0 Å². The maximum Gasteiger partial charge on any atom is 0.230 e. The predicted octanol–water partition coefficient (Wildman–Crippen LogP) is 5.22. The van der Waals surface area contributed by atoms with Gasteiger partial charge in [0.15, 0.2) is 0 Å². The van der Waals surface area contributed by atoms with Crippen LogP contribution in [0.4, 0.5) is 5.69 Å². The van der Waals surface area contributed by atoms with Crippen LogP contribution in [0.15, 0.2) is 48.8 Å². The Morgan fingerprint density at radius 1 is 1.11 bits per heavy atom. The molecule has 1 aromatic heterocycles. The fourth-order valence-corrected chi connectivity index (χ4v) is 5.52. The van der Waals surface area contributed by atoms with E-state index in [0.29, 0.717) is 17.4 Å². The van der Waals surface area contributed by atoms with Gasteiger partial charge in [-0.05, 0) is 82.8 Å². The fraction of sp³-hybridized carbons (Fsp3) is 0.414. The number of benzene rings is 2. The van der Waals surface area contributed by atoms with Crippen LogP contribution in [-0.4, -0.2) is 34.8 Å². The highest BCUT2D eigenvalue weighted by Gasteiger charge is 2.39. The van der Waals surface area contributed by atoms with Gasteiger partial charge in [-0.1, -0.05) is 12.1 Å². The first kappa shape index (κ1) is 22.8. The number of rotatable bonds is 5. The summed E-state index contributed by atoms with van der Waals surface area (Å²) in [4.78, 5) is 15.2. The summed E-state index contributed by atoms with van der Waals surface area (Å²) in [6, 6.07) is 14.2. The summed E-state index contributed by atoms with van der Waals surface area (Å²) in [7, 11) is 0. The Bertz CT molecular complexity index is 1330. The molecular weight excluding hydrogens is 450 g/mol. The van der Waals surface area contributed by atoms with E-state index < -0.39 is 0 Å². The van der Waals surface area contributed by atoms with Gasteiger partial charge in [-0.25, -0.2) is 0 Å². The number of nitrogens with zero attached hydrogens (tertiary/aromatic N) is 4. The van der Waals surface area contributed by atoms with E-state index in [1.165, 1.54) is 0 Å². The van der Waals surface area contributed by atoms with Crippen molar-refractivity contribution in [1.82, 2.24) is 15.1 Å². The summed E-state index contributed by atoms with van der Waals surface area (Å²) < 4.78 is 8.65. The molecule has 1 aliphatic carbocycles. The zero-order valence-corrected chi connectivity index (χ0v) is 20.6. The van der Waals surface area contributed by atoms with Crippen LogP contribution in [0.25, 0.3) is 11.1 Å². The van der Waals surface area contributed by atoms with Crippen LogP contribution in [0.2, 0.25) is 0 Å². The highest BCUT2D eigenvalue weighted by Crippen LogP contribution is 2.46. The molecule has 2 fully saturated rings. The number of hydrogen-bond acceptors (Lipinski definition) is 5. The quantitative estimate of drug-likeness (QED) is 0.540. The molecule has 1 saturated carbocycles. The number of carbonyl (C=O) groups is 1. The van der Waals surface area contributed by atoms with Crippen molar-refractivity contribution < 1.29 is 9.53 Å². The maximum absolute atomic E-state index is 13.3. The van der Waals surface area contributed by atoms with Gasteiger partial charge in [-0.2, -0.15) is 10.4 Å². The molecule has 1 N–H and O–H groups in total. The molecule has 3 aromatic rings. The number of piperidine rings is 1. The standard InChI is InChI=1S/C29H31N5O2/c1-19-6-9-25-26(34(19)29(35)20-7-8-20)11-10-24(28(25)36-27-5-3-2-4-21(27)16-30)22-17-32-33(18-22)23-12-14-31-15-13-23/h2-5,10-11,17-20,23,31H,6-9,12-15H2,1H3. The molecule has 0 radical (unpaired) electrons. The average Bonchev–Trinajstić information content (AvgIpc) is 3.66. The van der Waals surface area contributed by atoms with Crippen molar-refractivity contribution in [2.24, 2.45) is 5.92 Å². The molecule has 7 heteroatoms. The highest BCUT2D eigenvalue weighted by molar-refractivity contribution is 5.99. The molecule has 1 amide bonds. The number of aromatic nitrogens is 2. The second-order valence-electron chi connectivity index (χ2n) is 10.2. The number of anilines is 1. The number of ether oxygens (including phenoxy) is 1. The van der Waals surface area contributed by atoms with Crippen molar-refractivity contribution in [2.75, 3.05) is 18.0 Å². The molecule has 6 rings (SSSR count). The van der Waals surface area contributed by atoms with Crippen molar-refractivity contribution in [1.29, 1.82) is 5.26 Å². The number of fused-ring (bicyclic) bond motifs is 1. The lowest BCUT2D eigenvalue weighted by Crippen LogP contribution is -2.43. The molecule has 36 heavy (non-hydrogen) atoms. The van der Waals surface area contributed by atoms with Gasteiger partial charge in [-0.3, -0.25) is 9.48 Å². The lowest BCUT2D eigenvalue weighted by Gasteiger charge is -2.36. The van der Waals surface area contributed by atoms with E-state index in [-0.39, 0.29) is 17.9 Å². The van der Waals surface area contributed by atoms with E-state index in [1.807, 2.05) is 29.3 Å². The molecule has 1 unspecified atom stereocenters. The molecule has 7 nitrogen and oxygen atoms in total. The maximum atomic E-state index is 13.3. The van der Waals surface area contributed by atoms with Gasteiger partial charge in [-0.15, -0.1) is 0 Å². The molecular formula is C29H31N5O2. The number of nitriles is 1. The third kappa shape index (κ3) is 4.16. The van der Waals surface area contributed by atoms with Crippen molar-refractivity contribution in [2.45, 2.75) is 57.5 Å². The number of carbonyl (C=O) groups excluding carboxylic acids is 1. The van der Waals surface area contributed by atoms with E-state index in [4.69, 9.17) is 9.84 Å². The van der Waals surface area contributed by atoms with Crippen LogP contribution in [0, 0.1) is 17.2 Å². The monoisotopic (exact) mass is 481 g/mol. The van der Waals surface area contributed by atoms with E-state index in [2.05, 4.69) is 41.3 Å². The van der Waals surface area contributed by atoms with Gasteiger partial charge >= 0.3 is 0 Å². The summed E-state index contributed by atoms with van der Waals surface area (Å²) in [5.41, 5.74) is 4.38. The molecule has 2 aliphatic heterocycles. The van der Waals surface area contributed by atoms with Crippen LogP contribution in [0.3, 0.4) is 0 Å². The largest absolute Gasteiger partial charge is 0.455 e. The minimum atomic E-state index is 0.143. The number of hydrogen-bond donors (Lipinski definition) is 1. The first-order chi connectivity index (χ1) is 17.6. The Morgan fingerprint density at radius 2 is 1.92 bits per heavy atom. The molecule has 2 aromatic carbocycles. The summed E-state index contributed by atoms with van der Waals surface area (Å²) >= 11 is 0. The Morgan fingerprint density at radius 3 is 2.69 bits per heavy atom. The minimum Gasteiger partial charge on any atom is -0.455 e. The van der Waals surface area contributed by atoms with Gasteiger partial charge in [0.05, 0.1) is 23.5 Å². The van der Waals surface area contributed by atoms with Crippen LogP contribution in [-0.2, 0) is 11.2 Å². The van der Waals surface area contributed by atoms with Crippen molar-refractivity contribution in [3.8, 4) is 28.7 Å². The Balaban J connectivity index is 1.46. The number of nitrogens with one attached hydrogen (secondary N) is 1. The van der Waals surface area contributed by atoms with Crippen molar-refractivity contribution >= 4 is 11.6 Å². The molecule has 3 aliphatic rings. The molecule has 0 spiro atoms. The third-order valence-electron chi connectivity index (χ3n) is 7.73. The highest BCUT2D eigenvalue weighted by atomic mass is 16.5.